The number of nitrogens with one attached hydrogen (secondary N) is 2. The Balaban J connectivity index is 1.62. The molecule has 0 spiro atoms. The minimum atomic E-state index is -4.09. The summed E-state index contributed by atoms with van der Waals surface area (Å²) in [4.78, 5) is 11.5. The fourth-order valence-corrected chi connectivity index (χ4v) is 6.46. The molecule has 0 aromatic heterocycles. The van der Waals surface area contributed by atoms with Crippen LogP contribution in [0.1, 0.15) is 46.0 Å². The van der Waals surface area contributed by atoms with E-state index in [-0.39, 0.29) is 23.4 Å². The van der Waals surface area contributed by atoms with Crippen molar-refractivity contribution in [3.63, 3.8) is 0 Å². The molecule has 0 radical (unpaired) electrons. The summed E-state index contributed by atoms with van der Waals surface area (Å²) in [5.74, 6) is -1.07. The molecule has 10 heteroatoms. The zero-order valence-corrected chi connectivity index (χ0v) is 18.3. The van der Waals surface area contributed by atoms with Crippen molar-refractivity contribution >= 4 is 16.1 Å². The van der Waals surface area contributed by atoms with Crippen molar-refractivity contribution in [3.8, 4) is 0 Å². The lowest BCUT2D eigenvalue weighted by atomic mass is 9.66. The molecule has 2 saturated carbocycles. The van der Waals surface area contributed by atoms with Crippen molar-refractivity contribution in [2.45, 2.75) is 70.4 Å². The van der Waals surface area contributed by atoms with Gasteiger partial charge >= 0.3 is 10.2 Å². The molecule has 3 aliphatic rings. The maximum atomic E-state index is 15.5. The first-order valence-electron chi connectivity index (χ1n) is 10.4. The standard InChI is InChI=1S/C19H34FN3O5S/c1-19(2,11-21-3)6-7-28-13-5-4-12-8-15(24)18(17(20)14(12)9-13)23-10-16(25)22-29(23,26)27/h12-15,17-18,21,24H,4-11H2,1-3H3,(H,22,25). The summed E-state index contributed by atoms with van der Waals surface area (Å²) in [6.07, 6.45) is 0.605. The van der Waals surface area contributed by atoms with E-state index >= 15 is 4.39 Å². The van der Waals surface area contributed by atoms with Crippen LogP contribution in [0.4, 0.5) is 4.39 Å². The zero-order valence-electron chi connectivity index (χ0n) is 17.4. The number of aliphatic hydroxyl groups excluding tert-OH is 1. The Hall–Kier alpha value is -0.810. The first-order valence-corrected chi connectivity index (χ1v) is 11.9. The summed E-state index contributed by atoms with van der Waals surface area (Å²) < 4.78 is 48.5. The highest BCUT2D eigenvalue weighted by Crippen LogP contribution is 2.45. The van der Waals surface area contributed by atoms with Gasteiger partial charge in [0.25, 0.3) is 0 Å². The van der Waals surface area contributed by atoms with Gasteiger partial charge in [0.1, 0.15) is 6.17 Å². The average Bonchev–Trinajstić information content (AvgIpc) is 2.87. The highest BCUT2D eigenvalue weighted by Gasteiger charge is 2.53. The van der Waals surface area contributed by atoms with Crippen molar-refractivity contribution in [1.29, 1.82) is 0 Å². The average molecular weight is 436 g/mol. The van der Waals surface area contributed by atoms with E-state index in [9.17, 15) is 18.3 Å². The fraction of sp³-hybridized carbons (Fsp3) is 0.947. The zero-order chi connectivity index (χ0) is 21.4. The van der Waals surface area contributed by atoms with E-state index in [1.807, 2.05) is 11.8 Å². The Morgan fingerprint density at radius 3 is 2.69 bits per heavy atom. The Morgan fingerprint density at radius 1 is 1.34 bits per heavy atom. The molecule has 1 heterocycles. The van der Waals surface area contributed by atoms with Crippen LogP contribution < -0.4 is 10.0 Å². The van der Waals surface area contributed by atoms with Crippen molar-refractivity contribution in [2.75, 3.05) is 26.7 Å². The molecule has 0 aromatic carbocycles. The van der Waals surface area contributed by atoms with Crippen LogP contribution in [0.15, 0.2) is 0 Å². The van der Waals surface area contributed by atoms with Crippen molar-refractivity contribution in [2.24, 2.45) is 17.3 Å². The minimum Gasteiger partial charge on any atom is -0.391 e. The highest BCUT2D eigenvalue weighted by molar-refractivity contribution is 7.88. The van der Waals surface area contributed by atoms with E-state index in [2.05, 4.69) is 19.2 Å². The number of rotatable bonds is 7. The van der Waals surface area contributed by atoms with Gasteiger partial charge in [-0.2, -0.15) is 12.7 Å². The number of aliphatic hydroxyl groups is 1. The molecule has 1 amide bonds. The normalized spacial score (nSPS) is 37.9. The molecule has 6 atom stereocenters. The van der Waals surface area contributed by atoms with Gasteiger partial charge in [0.2, 0.25) is 5.91 Å². The van der Waals surface area contributed by atoms with Gasteiger partial charge in [0.15, 0.2) is 0 Å². The third-order valence-electron chi connectivity index (χ3n) is 6.64. The Morgan fingerprint density at radius 2 is 2.07 bits per heavy atom. The SMILES string of the molecule is CNCC(C)(C)CCOC1CCC2CC(O)C(N3CC(=O)NS3(=O)=O)C(F)C2C1. The van der Waals surface area contributed by atoms with Gasteiger partial charge in [-0.3, -0.25) is 4.79 Å². The first-order chi connectivity index (χ1) is 13.5. The number of carbonyl (C=O) groups is 1. The third kappa shape index (κ3) is 5.10. The van der Waals surface area contributed by atoms with E-state index in [0.29, 0.717) is 19.4 Å². The van der Waals surface area contributed by atoms with Crippen molar-refractivity contribution in [1.82, 2.24) is 14.3 Å². The van der Waals surface area contributed by atoms with Crippen LogP contribution >= 0.6 is 0 Å². The number of alkyl halides is 1. The van der Waals surface area contributed by atoms with Gasteiger partial charge < -0.3 is 15.2 Å². The molecular weight excluding hydrogens is 401 g/mol. The van der Waals surface area contributed by atoms with Crippen LogP contribution in [0.3, 0.4) is 0 Å². The molecule has 0 aromatic rings. The van der Waals surface area contributed by atoms with Gasteiger partial charge in [-0.05, 0) is 56.4 Å². The predicted octanol–water partition coefficient (Wildman–Crippen LogP) is 0.572. The lowest BCUT2D eigenvalue weighted by molar-refractivity contribution is -0.120. The Kier molecular flexibility index (Phi) is 6.89. The second kappa shape index (κ2) is 8.74. The number of carbonyl (C=O) groups excluding carboxylic acids is 1. The van der Waals surface area contributed by atoms with Gasteiger partial charge in [0, 0.05) is 13.2 Å². The van der Waals surface area contributed by atoms with Crippen LogP contribution in [0, 0.1) is 17.3 Å². The summed E-state index contributed by atoms with van der Waals surface area (Å²) >= 11 is 0. The van der Waals surface area contributed by atoms with Gasteiger partial charge in [-0.15, -0.1) is 0 Å². The summed E-state index contributed by atoms with van der Waals surface area (Å²) in [6, 6.07) is -1.23. The second-order valence-corrected chi connectivity index (χ2v) is 11.1. The van der Waals surface area contributed by atoms with E-state index < -0.39 is 41.0 Å². The molecule has 168 valence electrons. The second-order valence-electron chi connectivity index (χ2n) is 9.49. The first kappa shape index (κ1) is 22.9. The maximum absolute atomic E-state index is 15.5. The van der Waals surface area contributed by atoms with E-state index in [1.54, 1.807) is 0 Å². The number of hydrogen-bond acceptors (Lipinski definition) is 6. The molecule has 8 nitrogen and oxygen atoms in total. The Bertz CT molecular complexity index is 704. The topological polar surface area (TPSA) is 108 Å². The molecule has 3 fully saturated rings. The van der Waals surface area contributed by atoms with E-state index in [1.165, 1.54) is 0 Å². The quantitative estimate of drug-likeness (QED) is 0.540. The predicted molar refractivity (Wildman–Crippen MR) is 106 cm³/mol. The van der Waals surface area contributed by atoms with Crippen LogP contribution in [0.25, 0.3) is 0 Å². The van der Waals surface area contributed by atoms with Crippen LogP contribution in [-0.2, 0) is 19.7 Å². The molecule has 1 saturated heterocycles. The minimum absolute atomic E-state index is 0.00537. The summed E-state index contributed by atoms with van der Waals surface area (Å²) in [5, 5.41) is 13.7. The molecular formula is C19H34FN3O5S. The van der Waals surface area contributed by atoms with Crippen LogP contribution in [0.2, 0.25) is 0 Å². The van der Waals surface area contributed by atoms with Crippen molar-refractivity contribution in [3.05, 3.63) is 0 Å². The largest absolute Gasteiger partial charge is 0.391 e. The number of hydrogen-bond donors (Lipinski definition) is 3. The molecule has 6 unspecified atom stereocenters. The fourth-order valence-electron chi connectivity index (χ4n) is 5.12. The van der Waals surface area contributed by atoms with E-state index in [4.69, 9.17) is 4.74 Å². The van der Waals surface area contributed by atoms with Crippen molar-refractivity contribution < 1.29 is 27.4 Å². The number of halogens is 1. The molecule has 3 N–H and O–H groups in total. The summed E-state index contributed by atoms with van der Waals surface area (Å²) in [5.41, 5.74) is 0.109. The monoisotopic (exact) mass is 435 g/mol. The summed E-state index contributed by atoms with van der Waals surface area (Å²) in [7, 11) is -2.17. The van der Waals surface area contributed by atoms with Gasteiger partial charge in [-0.1, -0.05) is 13.8 Å². The van der Waals surface area contributed by atoms with Crippen LogP contribution in [-0.4, -0.2) is 74.9 Å². The smallest absolute Gasteiger partial charge is 0.304 e. The van der Waals surface area contributed by atoms with Gasteiger partial charge in [0.05, 0.1) is 24.8 Å². The summed E-state index contributed by atoms with van der Waals surface area (Å²) in [6.45, 7) is 5.37. The number of amides is 1. The molecule has 1 aliphatic heterocycles. The molecule has 0 bridgehead atoms. The number of nitrogens with zero attached hydrogens (tertiary/aromatic N) is 1. The molecule has 29 heavy (non-hydrogen) atoms. The molecule has 3 rings (SSSR count). The lowest BCUT2D eigenvalue weighted by Crippen LogP contribution is -2.59. The Labute approximate surface area is 172 Å². The third-order valence-corrected chi connectivity index (χ3v) is 8.12. The van der Waals surface area contributed by atoms with Crippen LogP contribution in [0.5, 0.6) is 0 Å². The maximum Gasteiger partial charge on any atom is 0.304 e. The van der Waals surface area contributed by atoms with E-state index in [0.717, 1.165) is 30.1 Å². The number of ether oxygens (including phenoxy) is 1. The molecule has 2 aliphatic carbocycles. The van der Waals surface area contributed by atoms with Gasteiger partial charge in [-0.25, -0.2) is 9.11 Å². The lowest BCUT2D eigenvalue weighted by Gasteiger charge is -2.47. The number of fused-ring (bicyclic) bond motifs is 1. The highest BCUT2D eigenvalue weighted by atomic mass is 32.2.